The standard InChI is InChI=1S/C27H21Cl/c1-27(2)23-13-7-6-11-21(23)22-17-19(15-16-24(22)27)26-20(12-8-14-25(26)28)18-9-4-3-5-10-18/h3-17H,1-2H3. The predicted molar refractivity (Wildman–Crippen MR) is 120 cm³/mol. The molecule has 1 heteroatoms. The van der Waals surface area contributed by atoms with E-state index in [2.05, 4.69) is 86.6 Å². The summed E-state index contributed by atoms with van der Waals surface area (Å²) in [7, 11) is 0. The number of halogens is 1. The maximum absolute atomic E-state index is 6.72. The highest BCUT2D eigenvalue weighted by atomic mass is 35.5. The molecule has 1 aliphatic rings. The molecule has 1 aliphatic carbocycles. The first-order valence-corrected chi connectivity index (χ1v) is 10.0. The van der Waals surface area contributed by atoms with Crippen LogP contribution in [0.1, 0.15) is 25.0 Å². The van der Waals surface area contributed by atoms with Crippen LogP contribution in [0.3, 0.4) is 0 Å². The van der Waals surface area contributed by atoms with Gasteiger partial charge in [0.2, 0.25) is 0 Å². The zero-order chi connectivity index (χ0) is 19.3. The van der Waals surface area contributed by atoms with Gasteiger partial charge in [-0.15, -0.1) is 0 Å². The molecule has 0 saturated carbocycles. The van der Waals surface area contributed by atoms with Crippen LogP contribution in [0, 0.1) is 0 Å². The van der Waals surface area contributed by atoms with Crippen molar-refractivity contribution in [3.63, 3.8) is 0 Å². The Hall–Kier alpha value is -2.83. The van der Waals surface area contributed by atoms with Crippen LogP contribution in [0.25, 0.3) is 33.4 Å². The lowest BCUT2D eigenvalue weighted by molar-refractivity contribution is 0.660. The minimum absolute atomic E-state index is 0.0210. The molecular formula is C27H21Cl. The smallest absolute Gasteiger partial charge is 0.0490 e. The second-order valence-electron chi connectivity index (χ2n) is 7.96. The van der Waals surface area contributed by atoms with Gasteiger partial charge < -0.3 is 0 Å². The Morgan fingerprint density at radius 1 is 0.571 bits per heavy atom. The molecular weight excluding hydrogens is 360 g/mol. The highest BCUT2D eigenvalue weighted by Gasteiger charge is 2.35. The molecule has 4 aromatic rings. The molecule has 0 aromatic heterocycles. The van der Waals surface area contributed by atoms with Crippen LogP contribution in [0.5, 0.6) is 0 Å². The van der Waals surface area contributed by atoms with Crippen molar-refractivity contribution in [3.8, 4) is 33.4 Å². The molecule has 0 atom stereocenters. The topological polar surface area (TPSA) is 0 Å². The van der Waals surface area contributed by atoms with Crippen LogP contribution in [-0.2, 0) is 5.41 Å². The molecule has 0 unspecified atom stereocenters. The Labute approximate surface area is 171 Å². The van der Waals surface area contributed by atoms with Crippen LogP contribution >= 0.6 is 11.6 Å². The van der Waals surface area contributed by atoms with E-state index in [1.165, 1.54) is 33.4 Å². The first-order chi connectivity index (χ1) is 13.6. The third-order valence-electron chi connectivity index (χ3n) is 5.97. The SMILES string of the molecule is CC1(C)c2ccccc2-c2cc(-c3c(Cl)cccc3-c3ccccc3)ccc21. The second-order valence-corrected chi connectivity index (χ2v) is 8.37. The molecule has 136 valence electrons. The zero-order valence-corrected chi connectivity index (χ0v) is 16.8. The normalized spacial score (nSPS) is 13.8. The van der Waals surface area contributed by atoms with E-state index in [1.54, 1.807) is 0 Å². The van der Waals surface area contributed by atoms with Crippen molar-refractivity contribution in [3.05, 3.63) is 107 Å². The molecule has 0 fully saturated rings. The van der Waals surface area contributed by atoms with Crippen LogP contribution in [0.15, 0.2) is 91.0 Å². The Balaban J connectivity index is 1.75. The fourth-order valence-corrected chi connectivity index (χ4v) is 4.84. The summed E-state index contributed by atoms with van der Waals surface area (Å²) in [5.74, 6) is 0. The van der Waals surface area contributed by atoms with Crippen molar-refractivity contribution >= 4 is 11.6 Å². The Kier molecular flexibility index (Phi) is 3.92. The van der Waals surface area contributed by atoms with E-state index in [1.807, 2.05) is 18.2 Å². The summed E-state index contributed by atoms with van der Waals surface area (Å²) < 4.78 is 0. The van der Waals surface area contributed by atoms with Gasteiger partial charge in [-0.25, -0.2) is 0 Å². The first-order valence-electron chi connectivity index (χ1n) is 9.66. The van der Waals surface area contributed by atoms with E-state index in [4.69, 9.17) is 11.6 Å². The second kappa shape index (κ2) is 6.36. The Morgan fingerprint density at radius 2 is 1.25 bits per heavy atom. The minimum Gasteiger partial charge on any atom is -0.0836 e. The fourth-order valence-electron chi connectivity index (χ4n) is 4.55. The van der Waals surface area contributed by atoms with Crippen molar-refractivity contribution in [1.82, 2.24) is 0 Å². The molecule has 28 heavy (non-hydrogen) atoms. The van der Waals surface area contributed by atoms with Gasteiger partial charge in [-0.3, -0.25) is 0 Å². The summed E-state index contributed by atoms with van der Waals surface area (Å²) in [6.45, 7) is 4.62. The molecule has 4 aromatic carbocycles. The van der Waals surface area contributed by atoms with E-state index in [0.717, 1.165) is 16.1 Å². The van der Waals surface area contributed by atoms with Gasteiger partial charge in [-0.1, -0.05) is 104 Å². The predicted octanol–water partition coefficient (Wildman–Crippen LogP) is 7.98. The van der Waals surface area contributed by atoms with Gasteiger partial charge in [0.05, 0.1) is 0 Å². The van der Waals surface area contributed by atoms with Crippen LogP contribution in [-0.4, -0.2) is 0 Å². The molecule has 0 N–H and O–H groups in total. The van der Waals surface area contributed by atoms with E-state index in [9.17, 15) is 0 Å². The minimum atomic E-state index is 0.0210. The summed E-state index contributed by atoms with van der Waals surface area (Å²) >= 11 is 6.72. The highest BCUT2D eigenvalue weighted by Crippen LogP contribution is 2.50. The Morgan fingerprint density at radius 3 is 2.07 bits per heavy atom. The third-order valence-corrected chi connectivity index (χ3v) is 6.29. The third kappa shape index (κ3) is 2.52. The molecule has 0 amide bonds. The van der Waals surface area contributed by atoms with Crippen LogP contribution in [0.2, 0.25) is 5.02 Å². The molecule has 0 aliphatic heterocycles. The number of hydrogen-bond donors (Lipinski definition) is 0. The van der Waals surface area contributed by atoms with Crippen molar-refractivity contribution in [2.24, 2.45) is 0 Å². The van der Waals surface area contributed by atoms with Crippen molar-refractivity contribution < 1.29 is 0 Å². The average Bonchev–Trinajstić information content (AvgIpc) is 2.96. The quantitative estimate of drug-likeness (QED) is 0.330. The lowest BCUT2D eigenvalue weighted by atomic mass is 9.82. The van der Waals surface area contributed by atoms with Crippen LogP contribution < -0.4 is 0 Å². The van der Waals surface area contributed by atoms with Crippen molar-refractivity contribution in [2.45, 2.75) is 19.3 Å². The van der Waals surface area contributed by atoms with E-state index in [0.29, 0.717) is 0 Å². The Bertz CT molecular complexity index is 1190. The summed E-state index contributed by atoms with van der Waals surface area (Å²) in [5, 5.41) is 0.784. The first kappa shape index (κ1) is 17.3. The van der Waals surface area contributed by atoms with Gasteiger partial charge in [0.25, 0.3) is 0 Å². The highest BCUT2D eigenvalue weighted by molar-refractivity contribution is 6.34. The van der Waals surface area contributed by atoms with E-state index < -0.39 is 0 Å². The summed E-state index contributed by atoms with van der Waals surface area (Å²) in [6.07, 6.45) is 0. The summed E-state index contributed by atoms with van der Waals surface area (Å²) in [5.41, 5.74) is 10.0. The number of benzene rings is 4. The lowest BCUT2D eigenvalue weighted by Gasteiger charge is -2.21. The van der Waals surface area contributed by atoms with E-state index in [-0.39, 0.29) is 5.41 Å². The van der Waals surface area contributed by atoms with Gasteiger partial charge in [0.1, 0.15) is 0 Å². The van der Waals surface area contributed by atoms with Crippen molar-refractivity contribution in [2.75, 3.05) is 0 Å². The number of fused-ring (bicyclic) bond motifs is 3. The summed E-state index contributed by atoms with van der Waals surface area (Å²) in [4.78, 5) is 0. The molecule has 5 rings (SSSR count). The molecule has 0 spiro atoms. The molecule has 0 bridgehead atoms. The monoisotopic (exact) mass is 380 g/mol. The molecule has 0 saturated heterocycles. The average molecular weight is 381 g/mol. The molecule has 0 heterocycles. The number of rotatable bonds is 2. The van der Waals surface area contributed by atoms with Gasteiger partial charge in [-0.2, -0.15) is 0 Å². The largest absolute Gasteiger partial charge is 0.0836 e. The molecule has 0 radical (unpaired) electrons. The summed E-state index contributed by atoms with van der Waals surface area (Å²) in [6, 6.07) is 32.2. The number of hydrogen-bond acceptors (Lipinski definition) is 0. The molecule has 0 nitrogen and oxygen atoms in total. The lowest BCUT2D eigenvalue weighted by Crippen LogP contribution is -2.14. The maximum atomic E-state index is 6.72. The maximum Gasteiger partial charge on any atom is 0.0490 e. The van der Waals surface area contributed by atoms with Gasteiger partial charge in [0, 0.05) is 16.0 Å². The van der Waals surface area contributed by atoms with Gasteiger partial charge >= 0.3 is 0 Å². The van der Waals surface area contributed by atoms with Crippen LogP contribution in [0.4, 0.5) is 0 Å². The van der Waals surface area contributed by atoms with Gasteiger partial charge in [0.15, 0.2) is 0 Å². The van der Waals surface area contributed by atoms with Crippen molar-refractivity contribution in [1.29, 1.82) is 0 Å². The van der Waals surface area contributed by atoms with Gasteiger partial charge in [-0.05, 0) is 51.1 Å². The fraction of sp³-hybridized carbons (Fsp3) is 0.111. The van der Waals surface area contributed by atoms with E-state index >= 15 is 0 Å². The zero-order valence-electron chi connectivity index (χ0n) is 16.0.